The van der Waals surface area contributed by atoms with Crippen molar-refractivity contribution in [3.05, 3.63) is 59.9 Å². The Kier molecular flexibility index (Phi) is 6.11. The number of nitrogens with one attached hydrogen (secondary N) is 1. The number of imidazole rings is 1. The van der Waals surface area contributed by atoms with Crippen LogP contribution in [0.5, 0.6) is 0 Å². The lowest BCUT2D eigenvalue weighted by atomic mass is 10.1. The molecule has 1 fully saturated rings. The average Bonchev–Trinajstić information content (AvgIpc) is 3.22. The quantitative estimate of drug-likeness (QED) is 0.453. The number of amides is 1. The number of aromatic nitrogens is 4. The van der Waals surface area contributed by atoms with E-state index in [0.717, 1.165) is 27.8 Å². The van der Waals surface area contributed by atoms with Gasteiger partial charge < -0.3 is 24.3 Å². The third-order valence-electron chi connectivity index (χ3n) is 6.12. The van der Waals surface area contributed by atoms with Gasteiger partial charge in [0.05, 0.1) is 23.1 Å². The summed E-state index contributed by atoms with van der Waals surface area (Å²) in [5.41, 5.74) is 4.00. The molecule has 1 N–H and O–H groups in total. The summed E-state index contributed by atoms with van der Waals surface area (Å²) in [6.45, 7) is 10.5. The molecule has 5 rings (SSSR count). The zero-order valence-corrected chi connectivity index (χ0v) is 21.0. The van der Waals surface area contributed by atoms with Crippen molar-refractivity contribution in [2.45, 2.75) is 39.8 Å². The first-order valence-corrected chi connectivity index (χ1v) is 12.0. The van der Waals surface area contributed by atoms with Crippen LogP contribution in [0, 0.1) is 12.7 Å². The summed E-state index contributed by atoms with van der Waals surface area (Å²) < 4.78 is 21.7. The lowest BCUT2D eigenvalue weighted by Gasteiger charge is -2.37. The van der Waals surface area contributed by atoms with Crippen LogP contribution in [0.2, 0.25) is 0 Å². The molecule has 0 spiro atoms. The van der Waals surface area contributed by atoms with Crippen molar-refractivity contribution in [2.24, 2.45) is 0 Å². The molecular formula is C26H30FN7O2. The highest BCUT2D eigenvalue weighted by atomic mass is 19.1. The fraction of sp³-hybridized carbons (Fsp3) is 0.385. The van der Waals surface area contributed by atoms with Crippen molar-refractivity contribution in [1.29, 1.82) is 0 Å². The number of pyridine rings is 1. The molecule has 1 aliphatic heterocycles. The highest BCUT2D eigenvalue weighted by Gasteiger charge is 2.26. The Balaban J connectivity index is 1.32. The first kappa shape index (κ1) is 23.8. The molecule has 188 valence electrons. The van der Waals surface area contributed by atoms with E-state index in [-0.39, 0.29) is 11.9 Å². The van der Waals surface area contributed by atoms with Crippen LogP contribution in [0.25, 0.3) is 16.6 Å². The van der Waals surface area contributed by atoms with Crippen LogP contribution in [0.1, 0.15) is 32.0 Å². The van der Waals surface area contributed by atoms with Crippen molar-refractivity contribution < 1.29 is 13.9 Å². The third-order valence-corrected chi connectivity index (χ3v) is 6.12. The van der Waals surface area contributed by atoms with Gasteiger partial charge in [0.25, 0.3) is 0 Å². The normalized spacial score (nSPS) is 14.5. The van der Waals surface area contributed by atoms with Gasteiger partial charge in [0, 0.05) is 62.3 Å². The van der Waals surface area contributed by atoms with Crippen LogP contribution in [-0.4, -0.2) is 62.4 Å². The van der Waals surface area contributed by atoms with E-state index < -0.39 is 5.60 Å². The number of piperazine rings is 1. The third kappa shape index (κ3) is 4.89. The van der Waals surface area contributed by atoms with Crippen molar-refractivity contribution in [2.75, 3.05) is 36.4 Å². The maximum Gasteiger partial charge on any atom is 0.410 e. The summed E-state index contributed by atoms with van der Waals surface area (Å²) >= 11 is 0. The SMILES string of the molecule is Cc1cn2cc(NCc3ccc(N4CCN(C(=O)OC(C)(C)C)CC4)c4ccnnc34)cc(F)c2n1. The summed E-state index contributed by atoms with van der Waals surface area (Å²) in [4.78, 5) is 20.6. The minimum Gasteiger partial charge on any atom is -0.444 e. The van der Waals surface area contributed by atoms with Gasteiger partial charge in [-0.25, -0.2) is 14.2 Å². The van der Waals surface area contributed by atoms with Gasteiger partial charge in [-0.2, -0.15) is 10.2 Å². The maximum atomic E-state index is 14.5. The van der Waals surface area contributed by atoms with Crippen LogP contribution in [0.15, 0.2) is 42.9 Å². The molecule has 9 nitrogen and oxygen atoms in total. The molecular weight excluding hydrogens is 461 g/mol. The number of fused-ring (bicyclic) bond motifs is 2. The molecule has 1 amide bonds. The molecule has 4 heterocycles. The van der Waals surface area contributed by atoms with Crippen molar-refractivity contribution >= 4 is 34.0 Å². The molecule has 36 heavy (non-hydrogen) atoms. The van der Waals surface area contributed by atoms with Crippen molar-refractivity contribution in [3.63, 3.8) is 0 Å². The molecule has 0 atom stereocenters. The Morgan fingerprint density at radius 3 is 2.67 bits per heavy atom. The number of rotatable bonds is 4. The van der Waals surface area contributed by atoms with E-state index in [1.54, 1.807) is 21.7 Å². The van der Waals surface area contributed by atoms with Gasteiger partial charge in [-0.05, 0) is 45.4 Å². The molecule has 10 heteroatoms. The number of hydrogen-bond donors (Lipinski definition) is 1. The Morgan fingerprint density at radius 1 is 1.14 bits per heavy atom. The van der Waals surface area contributed by atoms with Crippen molar-refractivity contribution in [3.8, 4) is 0 Å². The summed E-state index contributed by atoms with van der Waals surface area (Å²) in [5.74, 6) is -0.376. The second kappa shape index (κ2) is 9.25. The first-order chi connectivity index (χ1) is 17.2. The average molecular weight is 492 g/mol. The molecule has 1 aromatic carbocycles. The molecule has 0 saturated carbocycles. The molecule has 4 aromatic rings. The van der Waals surface area contributed by atoms with E-state index in [1.165, 1.54) is 6.07 Å². The zero-order valence-electron chi connectivity index (χ0n) is 21.0. The second-order valence-corrected chi connectivity index (χ2v) is 10.0. The van der Waals surface area contributed by atoms with Gasteiger partial charge in [-0.15, -0.1) is 0 Å². The van der Waals surface area contributed by atoms with E-state index in [9.17, 15) is 9.18 Å². The highest BCUT2D eigenvalue weighted by molar-refractivity contribution is 5.93. The minimum atomic E-state index is -0.512. The van der Waals surface area contributed by atoms with Gasteiger partial charge in [-0.3, -0.25) is 0 Å². The van der Waals surface area contributed by atoms with Gasteiger partial charge in [0.15, 0.2) is 11.5 Å². The zero-order chi connectivity index (χ0) is 25.4. The summed E-state index contributed by atoms with van der Waals surface area (Å²) in [7, 11) is 0. The number of halogens is 1. The fourth-order valence-corrected chi connectivity index (χ4v) is 4.47. The lowest BCUT2D eigenvalue weighted by molar-refractivity contribution is 0.0240. The van der Waals surface area contributed by atoms with Gasteiger partial charge in [-0.1, -0.05) is 6.07 Å². The number of hydrogen-bond acceptors (Lipinski definition) is 7. The number of carbonyl (C=O) groups is 1. The number of aryl methyl sites for hydroxylation is 1. The molecule has 0 bridgehead atoms. The molecule has 0 aliphatic carbocycles. The van der Waals surface area contributed by atoms with E-state index in [2.05, 4.69) is 31.5 Å². The van der Waals surface area contributed by atoms with Gasteiger partial charge >= 0.3 is 6.09 Å². The summed E-state index contributed by atoms with van der Waals surface area (Å²) in [5, 5.41) is 12.8. The Labute approximate surface area is 208 Å². The minimum absolute atomic E-state index is 0.278. The molecule has 3 aromatic heterocycles. The van der Waals surface area contributed by atoms with Crippen molar-refractivity contribution in [1.82, 2.24) is 24.5 Å². The maximum absolute atomic E-state index is 14.5. The number of carbonyl (C=O) groups excluding carboxylic acids is 1. The topological polar surface area (TPSA) is 87.9 Å². The largest absolute Gasteiger partial charge is 0.444 e. The first-order valence-electron chi connectivity index (χ1n) is 12.0. The molecule has 1 saturated heterocycles. The standard InChI is InChI=1S/C26H30FN7O2/c1-17-15-34-16-19(13-21(27)24(34)30-17)28-14-18-5-6-22(20-7-8-29-31-23(18)20)32-9-11-33(12-10-32)25(35)36-26(2,3)4/h5-8,13,15-16,28H,9-12,14H2,1-4H3. The number of anilines is 2. The van der Waals surface area contributed by atoms with Crippen LogP contribution in [0.3, 0.4) is 0 Å². The van der Waals surface area contributed by atoms with Crippen LogP contribution in [0.4, 0.5) is 20.6 Å². The second-order valence-electron chi connectivity index (χ2n) is 10.0. The molecule has 0 radical (unpaired) electrons. The molecule has 0 unspecified atom stereocenters. The summed E-state index contributed by atoms with van der Waals surface area (Å²) in [6, 6.07) is 7.51. The van der Waals surface area contributed by atoms with E-state index in [4.69, 9.17) is 4.74 Å². The highest BCUT2D eigenvalue weighted by Crippen LogP contribution is 2.29. The van der Waals surface area contributed by atoms with Gasteiger partial charge in [0.2, 0.25) is 0 Å². The van der Waals surface area contributed by atoms with E-state index in [1.807, 2.05) is 46.0 Å². The number of nitrogens with zero attached hydrogens (tertiary/aromatic N) is 6. The predicted molar refractivity (Wildman–Crippen MR) is 137 cm³/mol. The Bertz CT molecular complexity index is 1420. The number of benzene rings is 1. The van der Waals surface area contributed by atoms with Crippen LogP contribution < -0.4 is 10.2 Å². The van der Waals surface area contributed by atoms with E-state index in [0.29, 0.717) is 44.1 Å². The number of ether oxygens (including phenoxy) is 1. The lowest BCUT2D eigenvalue weighted by Crippen LogP contribution is -2.50. The summed E-state index contributed by atoms with van der Waals surface area (Å²) in [6.07, 6.45) is 5.02. The Hall–Kier alpha value is -3.95. The monoisotopic (exact) mass is 491 g/mol. The predicted octanol–water partition coefficient (Wildman–Crippen LogP) is 4.39. The smallest absolute Gasteiger partial charge is 0.410 e. The van der Waals surface area contributed by atoms with Crippen LogP contribution in [-0.2, 0) is 11.3 Å². The van der Waals surface area contributed by atoms with Gasteiger partial charge in [0.1, 0.15) is 5.60 Å². The Morgan fingerprint density at radius 2 is 1.92 bits per heavy atom. The van der Waals surface area contributed by atoms with Crippen LogP contribution >= 0.6 is 0 Å². The fourth-order valence-electron chi connectivity index (χ4n) is 4.47. The van der Waals surface area contributed by atoms with E-state index >= 15 is 0 Å². The molecule has 1 aliphatic rings.